The van der Waals surface area contributed by atoms with Gasteiger partial charge < -0.3 is 15.2 Å². The first kappa shape index (κ1) is 26.6. The molecule has 9 nitrogen and oxygen atoms in total. The van der Waals surface area contributed by atoms with Gasteiger partial charge in [0.05, 0.1) is 16.5 Å². The quantitative estimate of drug-likeness (QED) is 0.244. The summed E-state index contributed by atoms with van der Waals surface area (Å²) in [6, 6.07) is 16.0. The van der Waals surface area contributed by atoms with Gasteiger partial charge in [0.15, 0.2) is 0 Å². The lowest BCUT2D eigenvalue weighted by molar-refractivity contribution is 0.102. The van der Waals surface area contributed by atoms with Crippen LogP contribution < -0.4 is 21.7 Å². The van der Waals surface area contributed by atoms with Crippen molar-refractivity contribution in [3.8, 4) is 0 Å². The molecule has 1 aliphatic rings. The van der Waals surface area contributed by atoms with Gasteiger partial charge in [0, 0.05) is 23.3 Å². The van der Waals surface area contributed by atoms with Crippen LogP contribution in [0.4, 0.5) is 10.7 Å². The fourth-order valence-corrected chi connectivity index (χ4v) is 6.66. The van der Waals surface area contributed by atoms with E-state index in [0.29, 0.717) is 34.1 Å². The maximum Gasteiger partial charge on any atom is 0.267 e. The Hall–Kier alpha value is -4.57. The van der Waals surface area contributed by atoms with Crippen LogP contribution in [0.15, 0.2) is 65.6 Å². The Morgan fingerprint density at radius 1 is 1.02 bits per heavy atom. The van der Waals surface area contributed by atoms with Crippen LogP contribution in [0, 0.1) is 11.3 Å². The molecule has 6 rings (SSSR count). The SMILES string of the molecule is CC(C)Cn1c(=N)c(C(=O)Nc2sc3c(c2C(=O)Nc2ccccc2)CCCC3)cc2c(=O)n3ccccc3nc21. The number of para-hydroxylation sites is 1. The van der Waals surface area contributed by atoms with Gasteiger partial charge in [-0.25, -0.2) is 4.98 Å². The number of nitrogens with zero attached hydrogens (tertiary/aromatic N) is 3. The van der Waals surface area contributed by atoms with Crippen LogP contribution in [0.3, 0.4) is 0 Å². The van der Waals surface area contributed by atoms with E-state index in [2.05, 4.69) is 15.6 Å². The highest BCUT2D eigenvalue weighted by Gasteiger charge is 2.27. The molecule has 3 N–H and O–H groups in total. The molecule has 208 valence electrons. The number of carbonyl (C=O) groups is 2. The number of anilines is 2. The molecule has 41 heavy (non-hydrogen) atoms. The molecule has 0 radical (unpaired) electrons. The molecule has 5 aromatic rings. The lowest BCUT2D eigenvalue weighted by atomic mass is 9.95. The first-order valence-corrected chi connectivity index (χ1v) is 14.5. The van der Waals surface area contributed by atoms with E-state index >= 15 is 0 Å². The number of rotatable bonds is 6. The van der Waals surface area contributed by atoms with Crippen molar-refractivity contribution >= 4 is 50.5 Å². The minimum Gasteiger partial charge on any atom is -0.322 e. The van der Waals surface area contributed by atoms with Crippen molar-refractivity contribution in [3.05, 3.63) is 98.2 Å². The molecule has 1 aliphatic carbocycles. The number of aryl methyl sites for hydroxylation is 1. The Bertz CT molecular complexity index is 1940. The molecule has 0 saturated carbocycles. The molecule has 10 heteroatoms. The van der Waals surface area contributed by atoms with Gasteiger partial charge in [0.2, 0.25) is 0 Å². The molecule has 2 amide bonds. The first-order valence-electron chi connectivity index (χ1n) is 13.7. The second kappa shape index (κ2) is 10.8. The van der Waals surface area contributed by atoms with Gasteiger partial charge in [-0.1, -0.05) is 38.1 Å². The molecular formula is C31H30N6O3S. The first-order chi connectivity index (χ1) is 19.8. The smallest absolute Gasteiger partial charge is 0.267 e. The van der Waals surface area contributed by atoms with Crippen molar-refractivity contribution in [1.29, 1.82) is 5.41 Å². The van der Waals surface area contributed by atoms with Crippen LogP contribution in [0.2, 0.25) is 0 Å². The fraction of sp³-hybridized carbons (Fsp3) is 0.258. The second-order valence-electron chi connectivity index (χ2n) is 10.7. The monoisotopic (exact) mass is 566 g/mol. The van der Waals surface area contributed by atoms with Gasteiger partial charge in [-0.2, -0.15) is 0 Å². The molecule has 0 unspecified atom stereocenters. The van der Waals surface area contributed by atoms with E-state index in [9.17, 15) is 14.4 Å². The van der Waals surface area contributed by atoms with Gasteiger partial charge in [0.1, 0.15) is 21.8 Å². The van der Waals surface area contributed by atoms with Gasteiger partial charge in [-0.3, -0.25) is 24.2 Å². The van der Waals surface area contributed by atoms with E-state index in [4.69, 9.17) is 5.41 Å². The highest BCUT2D eigenvalue weighted by molar-refractivity contribution is 7.17. The van der Waals surface area contributed by atoms with Gasteiger partial charge in [-0.15, -0.1) is 11.3 Å². The summed E-state index contributed by atoms with van der Waals surface area (Å²) in [6.45, 7) is 4.42. The predicted octanol–water partition coefficient (Wildman–Crippen LogP) is 5.23. The predicted molar refractivity (Wildman–Crippen MR) is 161 cm³/mol. The van der Waals surface area contributed by atoms with Crippen molar-refractivity contribution in [1.82, 2.24) is 14.0 Å². The summed E-state index contributed by atoms with van der Waals surface area (Å²) in [6.07, 6.45) is 5.26. The van der Waals surface area contributed by atoms with E-state index in [-0.39, 0.29) is 33.8 Å². The van der Waals surface area contributed by atoms with Crippen LogP contribution in [0.5, 0.6) is 0 Å². The molecule has 4 heterocycles. The van der Waals surface area contributed by atoms with E-state index in [1.807, 2.05) is 44.2 Å². The van der Waals surface area contributed by atoms with E-state index in [1.165, 1.54) is 21.8 Å². The normalized spacial score (nSPS) is 13.0. The molecule has 0 spiro atoms. The third-order valence-electron chi connectivity index (χ3n) is 7.27. The number of fused-ring (bicyclic) bond motifs is 3. The molecule has 0 saturated heterocycles. The third kappa shape index (κ3) is 4.95. The Balaban J connectivity index is 1.45. The van der Waals surface area contributed by atoms with Crippen molar-refractivity contribution in [2.45, 2.75) is 46.1 Å². The molecule has 0 bridgehead atoms. The lowest BCUT2D eigenvalue weighted by Gasteiger charge is -2.16. The Morgan fingerprint density at radius 3 is 2.56 bits per heavy atom. The minimum atomic E-state index is -0.542. The second-order valence-corrected chi connectivity index (χ2v) is 11.8. The van der Waals surface area contributed by atoms with Gasteiger partial charge in [0.25, 0.3) is 17.4 Å². The summed E-state index contributed by atoms with van der Waals surface area (Å²) in [7, 11) is 0. The number of aromatic nitrogens is 3. The van der Waals surface area contributed by atoms with Crippen LogP contribution in [0.1, 0.15) is 57.8 Å². The van der Waals surface area contributed by atoms with Gasteiger partial charge >= 0.3 is 0 Å². The number of carbonyl (C=O) groups excluding carboxylic acids is 2. The molecular weight excluding hydrogens is 536 g/mol. The topological polar surface area (TPSA) is 121 Å². The summed E-state index contributed by atoms with van der Waals surface area (Å²) >= 11 is 1.41. The van der Waals surface area contributed by atoms with Gasteiger partial charge in [-0.05, 0) is 67.5 Å². The zero-order chi connectivity index (χ0) is 28.7. The summed E-state index contributed by atoms with van der Waals surface area (Å²) in [4.78, 5) is 46.6. The molecule has 1 aromatic carbocycles. The van der Waals surface area contributed by atoms with E-state index < -0.39 is 5.91 Å². The number of amides is 2. The largest absolute Gasteiger partial charge is 0.322 e. The highest BCUT2D eigenvalue weighted by Crippen LogP contribution is 2.38. The summed E-state index contributed by atoms with van der Waals surface area (Å²) in [5.41, 5.74) is 2.65. The van der Waals surface area contributed by atoms with Crippen LogP contribution in [-0.4, -0.2) is 25.8 Å². The Labute approximate surface area is 240 Å². The maximum atomic E-state index is 13.8. The average Bonchev–Trinajstić information content (AvgIpc) is 3.33. The number of pyridine rings is 2. The number of nitrogens with one attached hydrogen (secondary N) is 3. The third-order valence-corrected chi connectivity index (χ3v) is 8.47. The lowest BCUT2D eigenvalue weighted by Crippen LogP contribution is -2.33. The summed E-state index contributed by atoms with van der Waals surface area (Å²) in [5.74, 6) is -0.683. The van der Waals surface area contributed by atoms with E-state index in [0.717, 1.165) is 36.1 Å². The Morgan fingerprint density at radius 2 is 1.78 bits per heavy atom. The zero-order valence-electron chi connectivity index (χ0n) is 22.9. The van der Waals surface area contributed by atoms with Crippen molar-refractivity contribution in [2.24, 2.45) is 5.92 Å². The van der Waals surface area contributed by atoms with Crippen molar-refractivity contribution < 1.29 is 9.59 Å². The number of benzene rings is 1. The zero-order valence-corrected chi connectivity index (χ0v) is 23.7. The molecule has 4 aromatic heterocycles. The number of hydrogen-bond donors (Lipinski definition) is 3. The van der Waals surface area contributed by atoms with E-state index in [1.54, 1.807) is 29.0 Å². The molecule has 0 fully saturated rings. The highest BCUT2D eigenvalue weighted by atomic mass is 32.1. The van der Waals surface area contributed by atoms with Crippen LogP contribution in [-0.2, 0) is 19.4 Å². The summed E-state index contributed by atoms with van der Waals surface area (Å²) in [5, 5.41) is 15.6. The minimum absolute atomic E-state index is 0.0347. The standard InChI is InChI=1S/C31H30N6O3S/c1-18(2)17-37-26(32)21(16-22-27(37)34-24-14-8-9-15-36(24)31(22)40)28(38)35-30-25(20-12-6-7-13-23(20)41-30)29(39)33-19-10-4-3-5-11-19/h3-5,8-11,14-16,18,32H,6-7,12-13,17H2,1-2H3,(H,33,39)(H,35,38). The number of thiophene rings is 1. The molecule has 0 aliphatic heterocycles. The van der Waals surface area contributed by atoms with Crippen LogP contribution in [0.25, 0.3) is 16.7 Å². The van der Waals surface area contributed by atoms with Crippen molar-refractivity contribution in [2.75, 3.05) is 10.6 Å². The summed E-state index contributed by atoms with van der Waals surface area (Å²) < 4.78 is 3.07. The Kier molecular flexibility index (Phi) is 7.00. The average molecular weight is 567 g/mol. The van der Waals surface area contributed by atoms with Crippen LogP contribution >= 0.6 is 11.3 Å². The number of hydrogen-bond acceptors (Lipinski definition) is 6. The maximum absolute atomic E-state index is 13.8. The van der Waals surface area contributed by atoms with Crippen molar-refractivity contribution in [3.63, 3.8) is 0 Å². The molecule has 0 atom stereocenters. The fourth-order valence-electron chi connectivity index (χ4n) is 5.38.